The highest BCUT2D eigenvalue weighted by Crippen LogP contribution is 2.33. The van der Waals surface area contributed by atoms with Gasteiger partial charge in [0.1, 0.15) is 0 Å². The normalized spacial score (nSPS) is 11.2. The summed E-state index contributed by atoms with van der Waals surface area (Å²) in [6.45, 7) is 16.0. The molecule has 4 aromatic rings. The number of phenolic OH excluding ortho intramolecular Hbond substituents is 3. The largest absolute Gasteiger partial charge is 0.503 e. The van der Waals surface area contributed by atoms with E-state index in [2.05, 4.69) is 100 Å². The lowest BCUT2D eigenvalue weighted by atomic mass is 9.82. The van der Waals surface area contributed by atoms with Crippen LogP contribution in [0.15, 0.2) is 80.1 Å². The predicted molar refractivity (Wildman–Crippen MR) is 237 cm³/mol. The van der Waals surface area contributed by atoms with Gasteiger partial charge in [-0.1, -0.05) is 98.9 Å². The molecule has 0 aliphatic rings. The molecule has 0 aliphatic heterocycles. The molecule has 0 radical (unpaired) electrons. The smallest absolute Gasteiger partial charge is 0.319 e. The number of carbonyl (C=O) groups is 3. The number of carbonyl (C=O) groups excluding carboxylic acids is 3. The number of aromatic hydroxyl groups is 3. The van der Waals surface area contributed by atoms with E-state index >= 15 is 0 Å². The lowest BCUT2D eigenvalue weighted by Crippen LogP contribution is -2.47. The average Bonchev–Trinajstić information content (AvgIpc) is 3.06. The van der Waals surface area contributed by atoms with Crippen molar-refractivity contribution >= 4 is 82.9 Å². The Morgan fingerprint density at radius 3 is 1.32 bits per heavy atom. The molecule has 0 saturated carbocycles. The summed E-state index contributed by atoms with van der Waals surface area (Å²) in [4.78, 5) is 35.3. The molecule has 59 heavy (non-hydrogen) atoms. The van der Waals surface area contributed by atoms with Crippen molar-refractivity contribution in [2.75, 3.05) is 22.5 Å². The molecule has 12 nitrogen and oxygen atoms in total. The molecule has 0 heterocycles. The van der Waals surface area contributed by atoms with E-state index in [1.165, 1.54) is 18.2 Å². The zero-order valence-corrected chi connectivity index (χ0v) is 38.6. The Balaban J connectivity index is 0.000000307. The number of halogens is 6. The molecule has 6 amide bonds. The van der Waals surface area contributed by atoms with Crippen molar-refractivity contribution in [2.45, 2.75) is 79.3 Å². The average molecular weight is 1020 g/mol. The summed E-state index contributed by atoms with van der Waals surface area (Å²) in [7, 11) is 0. The van der Waals surface area contributed by atoms with Gasteiger partial charge in [-0.25, -0.2) is 27.6 Å². The van der Waals surface area contributed by atoms with Crippen LogP contribution in [-0.4, -0.2) is 51.0 Å². The lowest BCUT2D eigenvalue weighted by molar-refractivity contribution is 0.220. The van der Waals surface area contributed by atoms with E-state index in [9.17, 15) is 42.9 Å². The fourth-order valence-corrected chi connectivity index (χ4v) is 6.73. The molecule has 0 atom stereocenters. The van der Waals surface area contributed by atoms with E-state index in [1.54, 1.807) is 0 Å². The Morgan fingerprint density at radius 2 is 0.949 bits per heavy atom. The van der Waals surface area contributed by atoms with Gasteiger partial charge in [0, 0.05) is 31.0 Å². The molecule has 4 aromatic carbocycles. The van der Waals surface area contributed by atoms with Crippen LogP contribution in [0.5, 0.6) is 17.2 Å². The maximum Gasteiger partial charge on any atom is 0.319 e. The second-order valence-electron chi connectivity index (χ2n) is 16.0. The van der Waals surface area contributed by atoms with Gasteiger partial charge >= 0.3 is 18.1 Å². The van der Waals surface area contributed by atoms with Gasteiger partial charge in [-0.05, 0) is 94.8 Å². The monoisotopic (exact) mass is 1020 g/mol. The van der Waals surface area contributed by atoms with Crippen LogP contribution in [0.3, 0.4) is 0 Å². The number of rotatable bonds is 8. The van der Waals surface area contributed by atoms with Gasteiger partial charge in [-0.2, -0.15) is 0 Å². The van der Waals surface area contributed by atoms with Crippen molar-refractivity contribution in [3.63, 3.8) is 0 Å². The third kappa shape index (κ3) is 19.3. The van der Waals surface area contributed by atoms with Crippen LogP contribution in [0.2, 0.25) is 0 Å². The summed E-state index contributed by atoms with van der Waals surface area (Å²) < 4.78 is 41.2. The van der Waals surface area contributed by atoms with E-state index in [0.717, 1.165) is 30.2 Å². The van der Waals surface area contributed by atoms with Gasteiger partial charge in [0.25, 0.3) is 0 Å². The van der Waals surface area contributed by atoms with Gasteiger partial charge in [0.05, 0.1) is 17.1 Å². The van der Waals surface area contributed by atoms with Gasteiger partial charge in [-0.15, -0.1) is 0 Å². The highest BCUT2D eigenvalue weighted by Gasteiger charge is 2.27. The fourth-order valence-electron chi connectivity index (χ4n) is 5.44. The molecular weight excluding hydrogens is 969 g/mol. The van der Waals surface area contributed by atoms with Crippen molar-refractivity contribution in [1.82, 2.24) is 16.0 Å². The molecule has 0 aliphatic carbocycles. The number of hydrogen-bond acceptors (Lipinski definition) is 6. The number of benzene rings is 4. The number of phenols is 3. The quantitative estimate of drug-likeness (QED) is 0.0791. The molecular formula is C41H50Br3F3N6O6. The molecule has 0 fully saturated rings. The lowest BCUT2D eigenvalue weighted by Gasteiger charge is -2.33. The highest BCUT2D eigenvalue weighted by atomic mass is 79.9. The standard InChI is InChI=1S/C15H14BrFN2O2.C15H22BrFN2O2.C11H14BrFN2O2/c16-11-8-12(17)14(20)13(9-11)19-15(21)18-7-6-10-4-2-1-3-5-10;1-14(2,3)8-15(4,5)19-13(21)18-11-7-9(16)6-10(17)12(11)20;1-11(2,3)15-10(17)14-8-5-6(12)4-7(13)9(8)16/h1-5,8-9,20H,6-7H2,(H2,18,19,21);6-7,20H,8H2,1-5H3,(H2,18,19,21);4-5,16H,1-3H3,(H2,14,15,17). The van der Waals surface area contributed by atoms with E-state index < -0.39 is 63.9 Å². The van der Waals surface area contributed by atoms with Crippen LogP contribution < -0.4 is 31.9 Å². The highest BCUT2D eigenvalue weighted by molar-refractivity contribution is 9.11. The number of anilines is 3. The van der Waals surface area contributed by atoms with Crippen LogP contribution in [0.1, 0.15) is 67.4 Å². The first-order chi connectivity index (χ1) is 27.1. The Morgan fingerprint density at radius 1 is 0.576 bits per heavy atom. The zero-order valence-electron chi connectivity index (χ0n) is 33.8. The molecule has 0 bridgehead atoms. The Hall–Kier alpha value is -4.68. The summed E-state index contributed by atoms with van der Waals surface area (Å²) in [5, 5.41) is 43.9. The molecule has 9 N–H and O–H groups in total. The molecule has 4 rings (SSSR count). The molecule has 0 unspecified atom stereocenters. The van der Waals surface area contributed by atoms with Gasteiger partial charge < -0.3 is 47.2 Å². The summed E-state index contributed by atoms with van der Waals surface area (Å²) >= 11 is 9.29. The molecule has 0 aromatic heterocycles. The first-order valence-electron chi connectivity index (χ1n) is 18.0. The van der Waals surface area contributed by atoms with E-state index in [-0.39, 0.29) is 22.5 Å². The minimum atomic E-state index is -0.802. The zero-order chi connectivity index (χ0) is 44.9. The second kappa shape index (κ2) is 22.1. The van der Waals surface area contributed by atoms with Crippen LogP contribution >= 0.6 is 47.8 Å². The first kappa shape index (κ1) is 50.5. The number of nitrogens with one attached hydrogen (secondary N) is 6. The fraction of sp³-hybridized carbons (Fsp3) is 0.341. The molecule has 322 valence electrons. The van der Waals surface area contributed by atoms with E-state index in [1.807, 2.05) is 65.0 Å². The van der Waals surface area contributed by atoms with Crippen LogP contribution in [0.4, 0.5) is 44.6 Å². The van der Waals surface area contributed by atoms with Gasteiger partial charge in [0.2, 0.25) is 0 Å². The maximum atomic E-state index is 13.4. The Labute approximate surface area is 367 Å². The number of hydrogen-bond donors (Lipinski definition) is 9. The minimum Gasteiger partial charge on any atom is -0.503 e. The van der Waals surface area contributed by atoms with E-state index in [0.29, 0.717) is 26.4 Å². The summed E-state index contributed by atoms with van der Waals surface area (Å²) in [6, 6.07) is 15.9. The van der Waals surface area contributed by atoms with Crippen molar-refractivity contribution in [2.24, 2.45) is 5.41 Å². The summed E-state index contributed by atoms with van der Waals surface area (Å²) in [6.07, 6.45) is 1.46. The Kier molecular flexibility index (Phi) is 18.9. The topological polar surface area (TPSA) is 184 Å². The van der Waals surface area contributed by atoms with Crippen molar-refractivity contribution in [3.05, 3.63) is 103 Å². The molecule has 0 saturated heterocycles. The van der Waals surface area contributed by atoms with Crippen molar-refractivity contribution in [3.8, 4) is 17.2 Å². The summed E-state index contributed by atoms with van der Waals surface area (Å²) in [5.41, 5.74) is 0.367. The van der Waals surface area contributed by atoms with Crippen LogP contribution in [-0.2, 0) is 6.42 Å². The summed E-state index contributed by atoms with van der Waals surface area (Å²) in [5.74, 6) is -4.15. The number of amides is 6. The first-order valence-corrected chi connectivity index (χ1v) is 20.3. The minimum absolute atomic E-state index is 0.0126. The van der Waals surface area contributed by atoms with Crippen LogP contribution in [0.25, 0.3) is 0 Å². The number of urea groups is 3. The third-order valence-electron chi connectivity index (χ3n) is 7.28. The molecule has 0 spiro atoms. The predicted octanol–water partition coefficient (Wildman–Crippen LogP) is 11.5. The van der Waals surface area contributed by atoms with Crippen molar-refractivity contribution < 1.29 is 42.9 Å². The second-order valence-corrected chi connectivity index (χ2v) is 18.7. The van der Waals surface area contributed by atoms with Gasteiger partial charge in [-0.3, -0.25) is 0 Å². The van der Waals surface area contributed by atoms with Crippen LogP contribution in [0, 0.1) is 22.9 Å². The third-order valence-corrected chi connectivity index (χ3v) is 8.66. The van der Waals surface area contributed by atoms with E-state index in [4.69, 9.17) is 0 Å². The Bertz CT molecular complexity index is 2080. The van der Waals surface area contributed by atoms with Gasteiger partial charge in [0.15, 0.2) is 34.7 Å². The molecule has 18 heteroatoms. The maximum absolute atomic E-state index is 13.4. The van der Waals surface area contributed by atoms with Crippen molar-refractivity contribution in [1.29, 1.82) is 0 Å². The SMILES string of the molecule is CC(C)(C)CC(C)(C)NC(=O)Nc1cc(Br)cc(F)c1O.CC(C)(C)NC(=O)Nc1cc(Br)cc(F)c1O.O=C(NCCc1ccccc1)Nc1cc(Br)cc(F)c1O.